The van der Waals surface area contributed by atoms with Crippen molar-refractivity contribution in [1.82, 2.24) is 10.6 Å². The summed E-state index contributed by atoms with van der Waals surface area (Å²) in [5.41, 5.74) is 3.08. The predicted octanol–water partition coefficient (Wildman–Crippen LogP) is 3.31. The van der Waals surface area contributed by atoms with Gasteiger partial charge in [-0.3, -0.25) is 0 Å². The third-order valence-corrected chi connectivity index (χ3v) is 4.11. The predicted molar refractivity (Wildman–Crippen MR) is 105 cm³/mol. The van der Waals surface area contributed by atoms with E-state index in [2.05, 4.69) is 21.7 Å². The molecule has 27 heavy (non-hydrogen) atoms. The number of benzene rings is 2. The number of nitriles is 1. The molecule has 0 aliphatic carbocycles. The first-order chi connectivity index (χ1) is 13.1. The molecule has 0 aliphatic rings. The summed E-state index contributed by atoms with van der Waals surface area (Å²) in [5.74, 6) is 1.12. The van der Waals surface area contributed by atoms with Crippen LogP contribution in [-0.2, 0) is 13.0 Å². The number of nitrogens with one attached hydrogen (secondary N) is 2. The fraction of sp³-hybridized carbons (Fsp3) is 0.333. The van der Waals surface area contributed by atoms with E-state index in [0.29, 0.717) is 30.2 Å². The highest BCUT2D eigenvalue weighted by Crippen LogP contribution is 2.19. The van der Waals surface area contributed by atoms with Gasteiger partial charge >= 0.3 is 0 Å². The molecule has 0 heterocycles. The van der Waals surface area contributed by atoms with Crippen molar-refractivity contribution in [3.05, 3.63) is 64.5 Å². The number of hydrogen-bond donors (Lipinski definition) is 2. The van der Waals surface area contributed by atoms with E-state index in [1.54, 1.807) is 7.11 Å². The van der Waals surface area contributed by atoms with Crippen molar-refractivity contribution >= 4 is 5.96 Å². The van der Waals surface area contributed by atoms with E-state index < -0.39 is 0 Å². The molecule has 2 rings (SSSR count). The van der Waals surface area contributed by atoms with Crippen LogP contribution >= 0.6 is 0 Å². The normalized spacial score (nSPS) is 11.0. The Balaban J connectivity index is 1.99. The van der Waals surface area contributed by atoms with Gasteiger partial charge in [-0.15, -0.1) is 0 Å². The number of aryl methyl sites for hydroxylation is 1. The first kappa shape index (κ1) is 20.2. The molecular weight excluding hydrogens is 343 g/mol. The first-order valence-corrected chi connectivity index (χ1v) is 8.91. The molecule has 0 saturated carbocycles. The van der Waals surface area contributed by atoms with Gasteiger partial charge in [0.05, 0.1) is 25.3 Å². The van der Waals surface area contributed by atoms with Crippen LogP contribution in [0.3, 0.4) is 0 Å². The van der Waals surface area contributed by atoms with Crippen LogP contribution in [0.15, 0.2) is 41.4 Å². The van der Waals surface area contributed by atoms with Gasteiger partial charge in [0, 0.05) is 18.7 Å². The van der Waals surface area contributed by atoms with Crippen LogP contribution in [0.2, 0.25) is 0 Å². The molecule has 142 valence electrons. The zero-order valence-electron chi connectivity index (χ0n) is 16.0. The van der Waals surface area contributed by atoms with E-state index in [0.717, 1.165) is 23.3 Å². The third kappa shape index (κ3) is 6.00. The molecule has 0 radical (unpaired) electrons. The van der Waals surface area contributed by atoms with E-state index in [-0.39, 0.29) is 12.4 Å². The lowest BCUT2D eigenvalue weighted by molar-refractivity contribution is 0.411. The fourth-order valence-corrected chi connectivity index (χ4v) is 2.62. The Morgan fingerprint density at radius 3 is 2.74 bits per heavy atom. The van der Waals surface area contributed by atoms with Crippen molar-refractivity contribution in [2.45, 2.75) is 26.8 Å². The molecule has 0 unspecified atom stereocenters. The summed E-state index contributed by atoms with van der Waals surface area (Å²) in [5, 5.41) is 15.3. The molecule has 0 aromatic heterocycles. The van der Waals surface area contributed by atoms with E-state index in [9.17, 15) is 4.39 Å². The summed E-state index contributed by atoms with van der Waals surface area (Å²) in [6.07, 6.45) is 0.805. The standard InChI is InChI=1S/C21H25FN4O/c1-4-24-21(26-14-18-11-17(13-23)7-8-19(18)22)25-10-9-16-6-5-15(2)20(12-16)27-3/h5-8,11-12H,4,9-10,14H2,1-3H3,(H2,24,25,26). The molecule has 6 heteroatoms. The van der Waals surface area contributed by atoms with E-state index in [1.165, 1.54) is 18.2 Å². The van der Waals surface area contributed by atoms with Gasteiger partial charge in [0.1, 0.15) is 11.6 Å². The Morgan fingerprint density at radius 1 is 1.22 bits per heavy atom. The maximum absolute atomic E-state index is 13.9. The second kappa shape index (κ2) is 10.2. The third-order valence-electron chi connectivity index (χ3n) is 4.11. The molecule has 0 aliphatic heterocycles. The first-order valence-electron chi connectivity index (χ1n) is 8.91. The van der Waals surface area contributed by atoms with E-state index in [4.69, 9.17) is 10.00 Å². The highest BCUT2D eigenvalue weighted by atomic mass is 19.1. The van der Waals surface area contributed by atoms with Gasteiger partial charge in [0.2, 0.25) is 0 Å². The second-order valence-corrected chi connectivity index (χ2v) is 6.09. The quantitative estimate of drug-likeness (QED) is 0.581. The van der Waals surface area contributed by atoms with Crippen LogP contribution in [-0.4, -0.2) is 26.2 Å². The molecule has 0 fully saturated rings. The molecule has 0 spiro atoms. The Bertz CT molecular complexity index is 843. The van der Waals surface area contributed by atoms with Crippen LogP contribution in [0.5, 0.6) is 5.75 Å². The average molecular weight is 368 g/mol. The van der Waals surface area contributed by atoms with Crippen molar-refractivity contribution < 1.29 is 9.13 Å². The van der Waals surface area contributed by atoms with Gasteiger partial charge in [-0.2, -0.15) is 5.26 Å². The minimum Gasteiger partial charge on any atom is -0.496 e. The summed E-state index contributed by atoms with van der Waals surface area (Å²) in [6, 6.07) is 12.5. The SMILES string of the molecule is CCNC(=NCc1cc(C#N)ccc1F)NCCc1ccc(C)c(OC)c1. The summed E-state index contributed by atoms with van der Waals surface area (Å²) >= 11 is 0. The average Bonchev–Trinajstić information content (AvgIpc) is 2.68. The molecule has 2 N–H and O–H groups in total. The Morgan fingerprint density at radius 2 is 2.04 bits per heavy atom. The molecule has 2 aromatic rings. The lowest BCUT2D eigenvalue weighted by Crippen LogP contribution is -2.38. The smallest absolute Gasteiger partial charge is 0.191 e. The number of aliphatic imine (C=N–C) groups is 1. The van der Waals surface area contributed by atoms with Crippen LogP contribution in [0, 0.1) is 24.1 Å². The molecule has 5 nitrogen and oxygen atoms in total. The molecule has 0 bridgehead atoms. The molecular formula is C21H25FN4O. The van der Waals surface area contributed by atoms with Crippen LogP contribution in [0.4, 0.5) is 4.39 Å². The highest BCUT2D eigenvalue weighted by molar-refractivity contribution is 5.79. The number of rotatable bonds is 7. The molecule has 0 amide bonds. The monoisotopic (exact) mass is 368 g/mol. The number of ether oxygens (including phenoxy) is 1. The van der Waals surface area contributed by atoms with Crippen molar-refractivity contribution in [3.8, 4) is 11.8 Å². The zero-order valence-corrected chi connectivity index (χ0v) is 16.0. The van der Waals surface area contributed by atoms with Gasteiger partial charge in [0.25, 0.3) is 0 Å². The second-order valence-electron chi connectivity index (χ2n) is 6.09. The van der Waals surface area contributed by atoms with Crippen molar-refractivity contribution in [1.29, 1.82) is 5.26 Å². The van der Waals surface area contributed by atoms with Crippen LogP contribution in [0.25, 0.3) is 0 Å². The van der Waals surface area contributed by atoms with Gasteiger partial charge in [-0.1, -0.05) is 12.1 Å². The lowest BCUT2D eigenvalue weighted by Gasteiger charge is -2.12. The minimum atomic E-state index is -0.361. The van der Waals surface area contributed by atoms with Gasteiger partial charge in [-0.25, -0.2) is 9.38 Å². The summed E-state index contributed by atoms with van der Waals surface area (Å²) < 4.78 is 19.2. The number of nitrogens with zero attached hydrogens (tertiary/aromatic N) is 2. The largest absolute Gasteiger partial charge is 0.496 e. The number of methoxy groups -OCH3 is 1. The topological polar surface area (TPSA) is 69.4 Å². The Hall–Kier alpha value is -3.07. The summed E-state index contributed by atoms with van der Waals surface area (Å²) in [7, 11) is 1.67. The van der Waals surface area contributed by atoms with E-state index in [1.807, 2.05) is 32.0 Å². The lowest BCUT2D eigenvalue weighted by atomic mass is 10.1. The van der Waals surface area contributed by atoms with Crippen LogP contribution in [0.1, 0.15) is 29.2 Å². The van der Waals surface area contributed by atoms with Crippen molar-refractivity contribution in [2.75, 3.05) is 20.2 Å². The van der Waals surface area contributed by atoms with Crippen molar-refractivity contribution in [2.24, 2.45) is 4.99 Å². The van der Waals surface area contributed by atoms with Crippen molar-refractivity contribution in [3.63, 3.8) is 0 Å². The van der Waals surface area contributed by atoms with Crippen LogP contribution < -0.4 is 15.4 Å². The maximum Gasteiger partial charge on any atom is 0.191 e. The maximum atomic E-state index is 13.9. The summed E-state index contributed by atoms with van der Waals surface area (Å²) in [6.45, 7) is 5.52. The number of guanidine groups is 1. The Labute approximate surface area is 159 Å². The van der Waals surface area contributed by atoms with E-state index >= 15 is 0 Å². The van der Waals surface area contributed by atoms with Gasteiger partial charge in [-0.05, 0) is 55.7 Å². The minimum absolute atomic E-state index is 0.162. The highest BCUT2D eigenvalue weighted by Gasteiger charge is 2.05. The van der Waals surface area contributed by atoms with Gasteiger partial charge in [0.15, 0.2) is 5.96 Å². The molecule has 0 atom stereocenters. The summed E-state index contributed by atoms with van der Waals surface area (Å²) in [4.78, 5) is 4.42. The zero-order chi connectivity index (χ0) is 19.6. The molecule has 0 saturated heterocycles. The fourth-order valence-electron chi connectivity index (χ4n) is 2.62. The number of hydrogen-bond acceptors (Lipinski definition) is 3. The Kier molecular flexibility index (Phi) is 7.63. The number of halogens is 1. The molecule has 2 aromatic carbocycles. The van der Waals surface area contributed by atoms with Gasteiger partial charge < -0.3 is 15.4 Å².